The van der Waals surface area contributed by atoms with E-state index < -0.39 is 12.1 Å². The van der Waals surface area contributed by atoms with Gasteiger partial charge in [0.2, 0.25) is 5.91 Å². The zero-order valence-electron chi connectivity index (χ0n) is 36.3. The summed E-state index contributed by atoms with van der Waals surface area (Å²) in [6.07, 6.45) is 57.5. The average Bonchev–Trinajstić information content (AvgIpc) is 3.16. The Morgan fingerprint density at radius 3 is 1.04 bits per heavy atom. The van der Waals surface area contributed by atoms with Crippen LogP contribution in [0.4, 0.5) is 0 Å². The van der Waals surface area contributed by atoms with E-state index in [1.807, 2.05) is 0 Å². The van der Waals surface area contributed by atoms with E-state index in [1.54, 1.807) is 0 Å². The Kier molecular flexibility index (Phi) is 44.8. The molecule has 0 spiro atoms. The van der Waals surface area contributed by atoms with Gasteiger partial charge >= 0.3 is 0 Å². The molecule has 0 radical (unpaired) electrons. The summed E-state index contributed by atoms with van der Waals surface area (Å²) >= 11 is 0. The third-order valence-corrected chi connectivity index (χ3v) is 11.5. The van der Waals surface area contributed by atoms with Gasteiger partial charge in [0, 0.05) is 6.42 Å². The minimum atomic E-state index is -0.654. The molecule has 316 valence electrons. The topological polar surface area (TPSA) is 69.6 Å². The number of unbranched alkanes of at least 4 members (excludes halogenated alkanes) is 36. The number of carbonyl (C=O) groups excluding carboxylic acids is 1. The van der Waals surface area contributed by atoms with Gasteiger partial charge in [-0.25, -0.2) is 0 Å². The smallest absolute Gasteiger partial charge is 0.220 e. The maximum absolute atomic E-state index is 12.4. The summed E-state index contributed by atoms with van der Waals surface area (Å²) in [7, 11) is 0. The molecule has 0 aromatic rings. The van der Waals surface area contributed by atoms with Crippen LogP contribution in [0.15, 0.2) is 12.2 Å². The van der Waals surface area contributed by atoms with Crippen LogP contribution in [-0.4, -0.2) is 34.9 Å². The van der Waals surface area contributed by atoms with Gasteiger partial charge in [0.05, 0.1) is 18.8 Å². The van der Waals surface area contributed by atoms with Gasteiger partial charge in [0.25, 0.3) is 0 Å². The van der Waals surface area contributed by atoms with E-state index in [9.17, 15) is 15.0 Å². The number of carbonyl (C=O) groups is 1. The molecule has 0 aliphatic carbocycles. The minimum absolute atomic E-state index is 0.0286. The fourth-order valence-corrected chi connectivity index (χ4v) is 7.77. The van der Waals surface area contributed by atoms with Crippen molar-refractivity contribution in [1.82, 2.24) is 5.32 Å². The molecule has 3 N–H and O–H groups in total. The Morgan fingerprint density at radius 1 is 0.434 bits per heavy atom. The number of aliphatic hydroxyl groups excluding tert-OH is 2. The van der Waals surface area contributed by atoms with Crippen LogP contribution in [0.2, 0.25) is 0 Å². The van der Waals surface area contributed by atoms with E-state index in [-0.39, 0.29) is 12.5 Å². The molecule has 4 nitrogen and oxygen atoms in total. The van der Waals surface area contributed by atoms with Gasteiger partial charge in [-0.05, 0) is 38.5 Å². The minimum Gasteiger partial charge on any atom is -0.394 e. The third-order valence-electron chi connectivity index (χ3n) is 11.5. The molecular weight excluding hydrogens is 651 g/mol. The molecule has 0 bridgehead atoms. The van der Waals surface area contributed by atoms with E-state index >= 15 is 0 Å². The SMILES string of the molecule is CCCCCCCCCCCCCC/C=C\CCCCCCCCCCCCCCCCC(=O)NC(CO)C(O)CCCCCCCCCCCCC. The molecule has 0 aromatic heterocycles. The van der Waals surface area contributed by atoms with Crippen molar-refractivity contribution in [3.8, 4) is 0 Å². The molecule has 0 saturated heterocycles. The Hall–Kier alpha value is -0.870. The molecule has 0 rings (SSSR count). The van der Waals surface area contributed by atoms with Crippen molar-refractivity contribution in [2.24, 2.45) is 0 Å². The van der Waals surface area contributed by atoms with Gasteiger partial charge < -0.3 is 15.5 Å². The summed E-state index contributed by atoms with van der Waals surface area (Å²) in [6.45, 7) is 4.37. The molecule has 0 aliphatic heterocycles. The van der Waals surface area contributed by atoms with E-state index in [1.165, 1.54) is 225 Å². The first-order valence-corrected chi connectivity index (χ1v) is 24.4. The highest BCUT2D eigenvalue weighted by Gasteiger charge is 2.20. The molecule has 0 fully saturated rings. The first-order valence-electron chi connectivity index (χ1n) is 24.4. The third kappa shape index (κ3) is 42.1. The number of hydrogen-bond donors (Lipinski definition) is 3. The van der Waals surface area contributed by atoms with Crippen LogP contribution in [0.1, 0.15) is 277 Å². The van der Waals surface area contributed by atoms with Crippen LogP contribution in [0, 0.1) is 0 Å². The number of rotatable bonds is 45. The van der Waals surface area contributed by atoms with Gasteiger partial charge in [0.15, 0.2) is 0 Å². The van der Waals surface area contributed by atoms with E-state index in [2.05, 4.69) is 31.3 Å². The van der Waals surface area contributed by atoms with Gasteiger partial charge in [-0.15, -0.1) is 0 Å². The van der Waals surface area contributed by atoms with Crippen molar-refractivity contribution in [1.29, 1.82) is 0 Å². The Bertz CT molecular complexity index is 725. The lowest BCUT2D eigenvalue weighted by Gasteiger charge is -2.22. The summed E-state index contributed by atoms with van der Waals surface area (Å²) in [5, 5.41) is 23.1. The van der Waals surface area contributed by atoms with Crippen LogP contribution < -0.4 is 5.32 Å². The van der Waals surface area contributed by atoms with Crippen molar-refractivity contribution in [3.05, 3.63) is 12.2 Å². The van der Waals surface area contributed by atoms with E-state index in [4.69, 9.17) is 0 Å². The standard InChI is InChI=1S/C49H97NO3/c1-3-5-7-9-11-13-15-16-17-18-19-20-21-22-23-24-25-26-27-28-29-30-31-32-33-35-37-39-41-43-45-49(53)50-47(46-51)48(52)44-42-40-38-36-34-14-12-10-8-6-4-2/h22-23,47-48,51-52H,3-21,24-46H2,1-2H3,(H,50,53)/b23-22-. The molecule has 2 unspecified atom stereocenters. The van der Waals surface area contributed by atoms with Crippen LogP contribution in [-0.2, 0) is 4.79 Å². The monoisotopic (exact) mass is 748 g/mol. The largest absolute Gasteiger partial charge is 0.394 e. The number of aliphatic hydroxyl groups is 2. The maximum Gasteiger partial charge on any atom is 0.220 e. The first-order chi connectivity index (χ1) is 26.2. The van der Waals surface area contributed by atoms with E-state index in [0.717, 1.165) is 25.7 Å². The second kappa shape index (κ2) is 45.5. The second-order valence-electron chi connectivity index (χ2n) is 16.9. The highest BCUT2D eigenvalue weighted by molar-refractivity contribution is 5.76. The van der Waals surface area contributed by atoms with Crippen molar-refractivity contribution in [2.45, 2.75) is 289 Å². The Morgan fingerprint density at radius 2 is 0.717 bits per heavy atom. The summed E-state index contributed by atoms with van der Waals surface area (Å²) < 4.78 is 0. The first kappa shape index (κ1) is 52.1. The molecule has 0 heterocycles. The lowest BCUT2D eigenvalue weighted by molar-refractivity contribution is -0.123. The summed E-state index contributed by atoms with van der Waals surface area (Å²) in [5.74, 6) is -0.0286. The number of amides is 1. The number of allylic oxidation sites excluding steroid dienone is 2. The van der Waals surface area contributed by atoms with Crippen LogP contribution in [0.5, 0.6) is 0 Å². The highest BCUT2D eigenvalue weighted by atomic mass is 16.3. The van der Waals surface area contributed by atoms with E-state index in [0.29, 0.717) is 12.8 Å². The highest BCUT2D eigenvalue weighted by Crippen LogP contribution is 2.17. The van der Waals surface area contributed by atoms with Crippen molar-refractivity contribution in [2.75, 3.05) is 6.61 Å². The molecular formula is C49H97NO3. The zero-order valence-corrected chi connectivity index (χ0v) is 36.3. The fourth-order valence-electron chi connectivity index (χ4n) is 7.77. The van der Waals surface area contributed by atoms with Gasteiger partial charge in [-0.2, -0.15) is 0 Å². The van der Waals surface area contributed by atoms with Crippen LogP contribution in [0.25, 0.3) is 0 Å². The van der Waals surface area contributed by atoms with Crippen LogP contribution >= 0.6 is 0 Å². The number of hydrogen-bond acceptors (Lipinski definition) is 3. The Balaban J connectivity index is 3.39. The van der Waals surface area contributed by atoms with Crippen LogP contribution in [0.3, 0.4) is 0 Å². The molecule has 0 aromatic carbocycles. The van der Waals surface area contributed by atoms with Crippen molar-refractivity contribution >= 4 is 5.91 Å². The van der Waals surface area contributed by atoms with Crippen molar-refractivity contribution < 1.29 is 15.0 Å². The maximum atomic E-state index is 12.4. The summed E-state index contributed by atoms with van der Waals surface area (Å²) in [4.78, 5) is 12.4. The lowest BCUT2D eigenvalue weighted by Crippen LogP contribution is -2.45. The zero-order chi connectivity index (χ0) is 38.6. The summed E-state index contributed by atoms with van der Waals surface area (Å²) in [5.41, 5.74) is 0. The quantitative estimate of drug-likeness (QED) is 0.0429. The summed E-state index contributed by atoms with van der Waals surface area (Å²) in [6, 6.07) is -0.531. The van der Waals surface area contributed by atoms with Gasteiger partial charge in [-0.3, -0.25) is 4.79 Å². The predicted molar refractivity (Wildman–Crippen MR) is 235 cm³/mol. The fraction of sp³-hybridized carbons (Fsp3) is 0.939. The molecule has 53 heavy (non-hydrogen) atoms. The van der Waals surface area contributed by atoms with Crippen molar-refractivity contribution in [3.63, 3.8) is 0 Å². The Labute approximate surface area is 333 Å². The molecule has 0 saturated carbocycles. The van der Waals surface area contributed by atoms with Gasteiger partial charge in [0.1, 0.15) is 0 Å². The van der Waals surface area contributed by atoms with Gasteiger partial charge in [-0.1, -0.05) is 244 Å². The average molecular weight is 748 g/mol. The predicted octanol–water partition coefficient (Wildman–Crippen LogP) is 15.4. The second-order valence-corrected chi connectivity index (χ2v) is 16.9. The number of nitrogens with one attached hydrogen (secondary N) is 1. The molecule has 2 atom stereocenters. The molecule has 4 heteroatoms. The lowest BCUT2D eigenvalue weighted by atomic mass is 10.0. The normalized spacial score (nSPS) is 12.9. The molecule has 1 amide bonds. The molecule has 0 aliphatic rings.